The Hall–Kier alpha value is -1.13. The first-order chi connectivity index (χ1) is 8.10. The molecule has 1 aromatic heterocycles. The van der Waals surface area contributed by atoms with Crippen molar-refractivity contribution in [2.75, 3.05) is 13.2 Å². The smallest absolute Gasteiger partial charge is 0.327 e. The average Bonchev–Trinajstić information content (AvgIpc) is 2.59. The Balaban J connectivity index is 2.92. The van der Waals surface area contributed by atoms with Crippen molar-refractivity contribution in [1.29, 1.82) is 0 Å². The maximum absolute atomic E-state index is 11.9. The minimum atomic E-state index is -0.391. The maximum atomic E-state index is 11.9. The Labute approximate surface area is 106 Å². The van der Waals surface area contributed by atoms with Crippen molar-refractivity contribution in [2.24, 2.45) is 0 Å². The Morgan fingerprint density at radius 2 is 2.35 bits per heavy atom. The Morgan fingerprint density at radius 3 is 2.82 bits per heavy atom. The van der Waals surface area contributed by atoms with Crippen LogP contribution in [0.4, 0.5) is 0 Å². The first-order valence-electron chi connectivity index (χ1n) is 5.68. The fraction of sp³-hybridized carbons (Fsp3) is 0.462. The molecule has 1 heterocycles. The fourth-order valence-electron chi connectivity index (χ4n) is 1.68. The lowest BCUT2D eigenvalue weighted by atomic mass is 10.1. The predicted molar refractivity (Wildman–Crippen MR) is 71.4 cm³/mol. The second-order valence-electron chi connectivity index (χ2n) is 3.75. The number of thiophene rings is 1. The largest absolute Gasteiger partial charge is 0.465 e. The molecule has 0 spiro atoms. The molecule has 0 saturated heterocycles. The van der Waals surface area contributed by atoms with Crippen LogP contribution in [-0.2, 0) is 9.53 Å². The molecule has 0 bridgehead atoms. The molecule has 1 aromatic rings. The van der Waals surface area contributed by atoms with Gasteiger partial charge in [-0.15, -0.1) is 17.9 Å². The molecule has 1 rings (SSSR count). The van der Waals surface area contributed by atoms with Gasteiger partial charge in [-0.2, -0.15) is 0 Å². The number of nitrogens with one attached hydrogen (secondary N) is 1. The summed E-state index contributed by atoms with van der Waals surface area (Å²) in [6.07, 6.45) is 1.74. The van der Waals surface area contributed by atoms with Gasteiger partial charge in [0.2, 0.25) is 0 Å². The van der Waals surface area contributed by atoms with E-state index in [0.29, 0.717) is 13.2 Å². The molecule has 4 heteroatoms. The minimum absolute atomic E-state index is 0.227. The molecule has 0 amide bonds. The lowest BCUT2D eigenvalue weighted by Crippen LogP contribution is -2.30. The van der Waals surface area contributed by atoms with Crippen LogP contribution in [0.3, 0.4) is 0 Å². The number of carbonyl (C=O) groups excluding carboxylic acids is 1. The van der Waals surface area contributed by atoms with E-state index < -0.39 is 6.04 Å². The normalized spacial score (nSPS) is 12.2. The monoisotopic (exact) mass is 253 g/mol. The minimum Gasteiger partial charge on any atom is -0.465 e. The summed E-state index contributed by atoms with van der Waals surface area (Å²) in [6.45, 7) is 10.5. The maximum Gasteiger partial charge on any atom is 0.327 e. The Bertz CT molecular complexity index is 398. The Morgan fingerprint density at radius 1 is 1.65 bits per heavy atom. The molecule has 0 radical (unpaired) electrons. The fourth-order valence-corrected chi connectivity index (χ4v) is 2.65. The second kappa shape index (κ2) is 6.57. The highest BCUT2D eigenvalue weighted by molar-refractivity contribution is 7.12. The number of hydrogen-bond donors (Lipinski definition) is 1. The zero-order valence-electron chi connectivity index (χ0n) is 10.6. The highest BCUT2D eigenvalue weighted by Gasteiger charge is 2.23. The van der Waals surface area contributed by atoms with Crippen LogP contribution in [0, 0.1) is 13.8 Å². The van der Waals surface area contributed by atoms with Gasteiger partial charge in [0, 0.05) is 16.3 Å². The summed E-state index contributed by atoms with van der Waals surface area (Å²) in [7, 11) is 0. The molecule has 0 aromatic carbocycles. The van der Waals surface area contributed by atoms with Crippen LogP contribution in [0.25, 0.3) is 0 Å². The van der Waals surface area contributed by atoms with Crippen molar-refractivity contribution in [3.05, 3.63) is 34.0 Å². The van der Waals surface area contributed by atoms with E-state index in [1.54, 1.807) is 17.4 Å². The third-order valence-corrected chi connectivity index (χ3v) is 3.36. The molecule has 94 valence electrons. The molecule has 0 aliphatic heterocycles. The van der Waals surface area contributed by atoms with Crippen LogP contribution >= 0.6 is 11.3 Å². The van der Waals surface area contributed by atoms with Gasteiger partial charge < -0.3 is 4.74 Å². The highest BCUT2D eigenvalue weighted by atomic mass is 32.1. The van der Waals surface area contributed by atoms with E-state index in [4.69, 9.17) is 4.74 Å². The third-order valence-electron chi connectivity index (χ3n) is 2.38. The summed E-state index contributed by atoms with van der Waals surface area (Å²) in [5.74, 6) is -0.227. The van der Waals surface area contributed by atoms with Gasteiger partial charge in [-0.05, 0) is 32.4 Å². The summed E-state index contributed by atoms with van der Waals surface area (Å²) >= 11 is 1.69. The standard InChI is InChI=1S/C13H19NO2S/c1-5-7-14-12(13(15)16-6-2)11-8-9(3)17-10(11)4/h5,8,12,14H,1,6-7H2,2-4H3. The van der Waals surface area contributed by atoms with Crippen LogP contribution < -0.4 is 5.32 Å². The summed E-state index contributed by atoms with van der Waals surface area (Å²) in [4.78, 5) is 14.2. The van der Waals surface area contributed by atoms with Crippen LogP contribution in [0.5, 0.6) is 0 Å². The van der Waals surface area contributed by atoms with Gasteiger partial charge in [0.25, 0.3) is 0 Å². The summed E-state index contributed by atoms with van der Waals surface area (Å²) in [5.41, 5.74) is 1.01. The number of hydrogen-bond acceptors (Lipinski definition) is 4. The van der Waals surface area contributed by atoms with Gasteiger partial charge in [-0.25, -0.2) is 4.79 Å². The van der Waals surface area contributed by atoms with Gasteiger partial charge in [-0.3, -0.25) is 5.32 Å². The first-order valence-corrected chi connectivity index (χ1v) is 6.49. The molecule has 0 fully saturated rings. The molecule has 1 N–H and O–H groups in total. The molecule has 3 nitrogen and oxygen atoms in total. The molecule has 17 heavy (non-hydrogen) atoms. The number of rotatable bonds is 6. The predicted octanol–water partition coefficient (Wildman–Crippen LogP) is 2.74. The van der Waals surface area contributed by atoms with Gasteiger partial charge in [0.1, 0.15) is 6.04 Å². The molecular formula is C13H19NO2S. The van der Waals surface area contributed by atoms with Crippen molar-refractivity contribution < 1.29 is 9.53 Å². The van der Waals surface area contributed by atoms with Crippen molar-refractivity contribution in [2.45, 2.75) is 26.8 Å². The molecule has 0 aliphatic rings. The zero-order valence-corrected chi connectivity index (χ0v) is 11.4. The van der Waals surface area contributed by atoms with E-state index in [-0.39, 0.29) is 5.97 Å². The summed E-state index contributed by atoms with van der Waals surface area (Å²) < 4.78 is 5.09. The molecular weight excluding hydrogens is 234 g/mol. The molecule has 0 aliphatic carbocycles. The van der Waals surface area contributed by atoms with Crippen LogP contribution in [0.2, 0.25) is 0 Å². The number of carbonyl (C=O) groups is 1. The van der Waals surface area contributed by atoms with Crippen molar-refractivity contribution in [1.82, 2.24) is 5.32 Å². The van der Waals surface area contributed by atoms with E-state index in [1.807, 2.05) is 26.8 Å². The van der Waals surface area contributed by atoms with E-state index in [2.05, 4.69) is 11.9 Å². The quantitative estimate of drug-likeness (QED) is 0.626. The summed E-state index contributed by atoms with van der Waals surface area (Å²) in [5, 5.41) is 3.14. The number of aryl methyl sites for hydroxylation is 2. The number of esters is 1. The molecule has 1 unspecified atom stereocenters. The Kier molecular flexibility index (Phi) is 5.38. The van der Waals surface area contributed by atoms with Gasteiger partial charge in [0.15, 0.2) is 0 Å². The number of ether oxygens (including phenoxy) is 1. The van der Waals surface area contributed by atoms with Gasteiger partial charge in [0.05, 0.1) is 6.61 Å². The summed E-state index contributed by atoms with van der Waals surface area (Å²) in [6, 6.07) is 1.65. The van der Waals surface area contributed by atoms with Crippen LogP contribution in [0.15, 0.2) is 18.7 Å². The van der Waals surface area contributed by atoms with E-state index in [1.165, 1.54) is 4.88 Å². The topological polar surface area (TPSA) is 38.3 Å². The van der Waals surface area contributed by atoms with Crippen LogP contribution in [0.1, 0.15) is 28.3 Å². The SMILES string of the molecule is C=CCNC(C(=O)OCC)c1cc(C)sc1C. The lowest BCUT2D eigenvalue weighted by Gasteiger charge is -2.16. The lowest BCUT2D eigenvalue weighted by molar-refractivity contribution is -0.145. The highest BCUT2D eigenvalue weighted by Crippen LogP contribution is 2.27. The third kappa shape index (κ3) is 3.68. The first kappa shape index (κ1) is 13.9. The van der Waals surface area contributed by atoms with Crippen LogP contribution in [-0.4, -0.2) is 19.1 Å². The molecule has 0 saturated carbocycles. The zero-order chi connectivity index (χ0) is 12.8. The van der Waals surface area contributed by atoms with Crippen molar-refractivity contribution in [3.8, 4) is 0 Å². The van der Waals surface area contributed by atoms with E-state index >= 15 is 0 Å². The van der Waals surface area contributed by atoms with Crippen molar-refractivity contribution in [3.63, 3.8) is 0 Å². The average molecular weight is 253 g/mol. The van der Waals surface area contributed by atoms with Gasteiger partial charge >= 0.3 is 5.97 Å². The van der Waals surface area contributed by atoms with Gasteiger partial charge in [-0.1, -0.05) is 6.08 Å². The van der Waals surface area contributed by atoms with Crippen molar-refractivity contribution >= 4 is 17.3 Å². The second-order valence-corrected chi connectivity index (χ2v) is 5.21. The van der Waals surface area contributed by atoms with E-state index in [0.717, 1.165) is 10.4 Å². The molecule has 1 atom stereocenters. The van der Waals surface area contributed by atoms with E-state index in [9.17, 15) is 4.79 Å².